The van der Waals surface area contributed by atoms with Crippen molar-refractivity contribution in [3.63, 3.8) is 0 Å². The van der Waals surface area contributed by atoms with E-state index in [1.54, 1.807) is 32.0 Å². The van der Waals surface area contributed by atoms with Crippen LogP contribution in [0.4, 0.5) is 0 Å². The molecule has 3 atom stereocenters. The van der Waals surface area contributed by atoms with E-state index < -0.39 is 11.5 Å². The molecule has 2 rings (SSSR count). The first-order valence-corrected chi connectivity index (χ1v) is 9.08. The Balaban J connectivity index is 2.11. The number of hydrogen-bond donors (Lipinski definition) is 2. The zero-order valence-electron chi connectivity index (χ0n) is 14.3. The highest BCUT2D eigenvalue weighted by atomic mass is 35.5. The van der Waals surface area contributed by atoms with Gasteiger partial charge in [-0.2, -0.15) is 0 Å². The molecule has 0 aromatic heterocycles. The molecule has 1 aromatic carbocycles. The average molecular weight is 374 g/mol. The van der Waals surface area contributed by atoms with Gasteiger partial charge < -0.3 is 15.2 Å². The first-order valence-electron chi connectivity index (χ1n) is 8.32. The van der Waals surface area contributed by atoms with Crippen LogP contribution in [0, 0.1) is 5.41 Å². The Morgan fingerprint density at radius 2 is 1.96 bits per heavy atom. The minimum atomic E-state index is -1.02. The average Bonchev–Trinajstić information content (AvgIpc) is 2.93. The monoisotopic (exact) mass is 373 g/mol. The van der Waals surface area contributed by atoms with Gasteiger partial charge in [-0.25, -0.2) is 0 Å². The van der Waals surface area contributed by atoms with Gasteiger partial charge in [0.15, 0.2) is 0 Å². The summed E-state index contributed by atoms with van der Waals surface area (Å²) in [6.45, 7) is 6.01. The van der Waals surface area contributed by atoms with Gasteiger partial charge in [-0.05, 0) is 63.8 Å². The number of carbonyl (C=O) groups excluding carboxylic acids is 1. The fourth-order valence-electron chi connectivity index (χ4n) is 3.13. The minimum Gasteiger partial charge on any atom is -0.387 e. The number of nitrogens with one attached hydrogen (secondary N) is 1. The molecule has 0 aliphatic heterocycles. The Morgan fingerprint density at radius 1 is 1.33 bits per heavy atom. The van der Waals surface area contributed by atoms with E-state index >= 15 is 0 Å². The fraction of sp³-hybridized carbons (Fsp3) is 0.611. The third kappa shape index (κ3) is 4.42. The number of aliphatic hydroxyl groups excluding tert-OH is 1. The smallest absolute Gasteiger partial charge is 0.228 e. The van der Waals surface area contributed by atoms with Gasteiger partial charge in [0.25, 0.3) is 0 Å². The van der Waals surface area contributed by atoms with Crippen LogP contribution in [0.15, 0.2) is 18.2 Å². The lowest BCUT2D eigenvalue weighted by Gasteiger charge is -2.32. The third-order valence-electron chi connectivity index (χ3n) is 4.62. The molecule has 1 aliphatic rings. The highest BCUT2D eigenvalue weighted by Gasteiger charge is 2.40. The van der Waals surface area contributed by atoms with E-state index in [0.717, 1.165) is 19.3 Å². The summed E-state index contributed by atoms with van der Waals surface area (Å²) in [6.07, 6.45) is 1.91. The van der Waals surface area contributed by atoms with E-state index in [2.05, 4.69) is 5.32 Å². The Morgan fingerprint density at radius 3 is 2.54 bits per heavy atom. The lowest BCUT2D eigenvalue weighted by Crippen LogP contribution is -2.48. The topological polar surface area (TPSA) is 58.6 Å². The standard InChI is InChI=1S/C18H25Cl2NO3/c1-4-24-15-7-5-6-14(15)21-17(23)18(2,3)16(22)11-8-12(19)10-13(20)9-11/h8-10,14-16,22H,4-7H2,1-3H3,(H,21,23)/t14-,15-,16?/m1/s1. The lowest BCUT2D eigenvalue weighted by atomic mass is 9.81. The molecular formula is C18H25Cl2NO3. The quantitative estimate of drug-likeness (QED) is 0.787. The molecule has 6 heteroatoms. The number of halogens is 2. The molecule has 24 heavy (non-hydrogen) atoms. The maximum absolute atomic E-state index is 12.8. The second-order valence-corrected chi connectivity index (χ2v) is 7.70. The van der Waals surface area contributed by atoms with E-state index in [4.69, 9.17) is 27.9 Å². The number of amides is 1. The molecule has 1 fully saturated rings. The SMILES string of the molecule is CCO[C@@H]1CCC[C@H]1NC(=O)C(C)(C)C(O)c1cc(Cl)cc(Cl)c1. The first kappa shape index (κ1) is 19.5. The molecule has 1 unspecified atom stereocenters. The summed E-state index contributed by atoms with van der Waals surface area (Å²) in [6, 6.07) is 4.85. The molecule has 0 bridgehead atoms. The number of carbonyl (C=O) groups is 1. The van der Waals surface area contributed by atoms with Crippen molar-refractivity contribution in [3.8, 4) is 0 Å². The van der Waals surface area contributed by atoms with Crippen LogP contribution in [-0.4, -0.2) is 29.8 Å². The molecule has 4 nitrogen and oxygen atoms in total. The summed E-state index contributed by atoms with van der Waals surface area (Å²) in [4.78, 5) is 12.8. The van der Waals surface area contributed by atoms with Crippen LogP contribution >= 0.6 is 23.2 Å². The van der Waals surface area contributed by atoms with Crippen LogP contribution in [0.1, 0.15) is 51.7 Å². The van der Waals surface area contributed by atoms with Gasteiger partial charge in [0.05, 0.1) is 23.7 Å². The fourth-order valence-corrected chi connectivity index (χ4v) is 3.68. The normalized spacial score (nSPS) is 22.4. The van der Waals surface area contributed by atoms with Gasteiger partial charge in [0.1, 0.15) is 0 Å². The molecule has 1 aromatic rings. The second kappa shape index (κ2) is 8.05. The van der Waals surface area contributed by atoms with Crippen LogP contribution < -0.4 is 5.32 Å². The largest absolute Gasteiger partial charge is 0.387 e. The summed E-state index contributed by atoms with van der Waals surface area (Å²) >= 11 is 12.0. The summed E-state index contributed by atoms with van der Waals surface area (Å²) in [7, 11) is 0. The number of aliphatic hydroxyl groups is 1. The number of ether oxygens (including phenoxy) is 1. The second-order valence-electron chi connectivity index (χ2n) is 6.83. The van der Waals surface area contributed by atoms with Gasteiger partial charge in [0, 0.05) is 16.7 Å². The van der Waals surface area contributed by atoms with Gasteiger partial charge in [0.2, 0.25) is 5.91 Å². The summed E-state index contributed by atoms with van der Waals surface area (Å²) in [5.74, 6) is -0.206. The molecule has 1 saturated carbocycles. The Hall–Kier alpha value is -0.810. The van der Waals surface area contributed by atoms with E-state index in [1.165, 1.54) is 0 Å². The molecule has 2 N–H and O–H groups in total. The Kier molecular flexibility index (Phi) is 6.54. The van der Waals surface area contributed by atoms with Crippen molar-refractivity contribution in [1.29, 1.82) is 0 Å². The molecule has 0 heterocycles. The number of benzene rings is 1. The zero-order valence-corrected chi connectivity index (χ0v) is 15.8. The molecule has 1 amide bonds. The van der Waals surface area contributed by atoms with Crippen molar-refractivity contribution in [2.45, 2.75) is 58.3 Å². The molecule has 134 valence electrons. The predicted molar refractivity (Wildman–Crippen MR) is 96.4 cm³/mol. The zero-order chi connectivity index (χ0) is 17.9. The summed E-state index contributed by atoms with van der Waals surface area (Å²) in [5, 5.41) is 14.6. The highest BCUT2D eigenvalue weighted by Crippen LogP contribution is 2.36. The Bertz CT molecular complexity index is 571. The maximum atomic E-state index is 12.8. The van der Waals surface area contributed by atoms with Gasteiger partial charge in [-0.15, -0.1) is 0 Å². The van der Waals surface area contributed by atoms with Crippen LogP contribution in [0.5, 0.6) is 0 Å². The minimum absolute atomic E-state index is 0.00752. The number of hydrogen-bond acceptors (Lipinski definition) is 3. The first-order chi connectivity index (χ1) is 11.3. The van der Waals surface area contributed by atoms with Crippen LogP contribution in [0.3, 0.4) is 0 Å². The van der Waals surface area contributed by atoms with Crippen molar-refractivity contribution >= 4 is 29.1 Å². The van der Waals surface area contributed by atoms with E-state index in [-0.39, 0.29) is 18.1 Å². The van der Waals surface area contributed by atoms with Crippen LogP contribution in [0.25, 0.3) is 0 Å². The van der Waals surface area contributed by atoms with Crippen molar-refractivity contribution < 1.29 is 14.6 Å². The van der Waals surface area contributed by atoms with Crippen molar-refractivity contribution in [3.05, 3.63) is 33.8 Å². The van der Waals surface area contributed by atoms with Crippen molar-refractivity contribution in [2.24, 2.45) is 5.41 Å². The van der Waals surface area contributed by atoms with Crippen LogP contribution in [-0.2, 0) is 9.53 Å². The maximum Gasteiger partial charge on any atom is 0.228 e. The molecular weight excluding hydrogens is 349 g/mol. The van der Waals surface area contributed by atoms with Crippen LogP contribution in [0.2, 0.25) is 10.0 Å². The third-order valence-corrected chi connectivity index (χ3v) is 5.06. The van der Waals surface area contributed by atoms with Gasteiger partial charge in [-0.1, -0.05) is 23.2 Å². The van der Waals surface area contributed by atoms with E-state index in [0.29, 0.717) is 22.2 Å². The number of rotatable bonds is 6. The summed E-state index contributed by atoms with van der Waals surface area (Å²) in [5.41, 5.74) is -0.492. The summed E-state index contributed by atoms with van der Waals surface area (Å²) < 4.78 is 5.69. The van der Waals surface area contributed by atoms with E-state index in [1.807, 2.05) is 6.92 Å². The molecule has 1 aliphatic carbocycles. The highest BCUT2D eigenvalue weighted by molar-refractivity contribution is 6.34. The Labute approximate surface area is 153 Å². The molecule has 0 radical (unpaired) electrons. The molecule has 0 spiro atoms. The van der Waals surface area contributed by atoms with E-state index in [9.17, 15) is 9.90 Å². The van der Waals surface area contributed by atoms with Gasteiger partial charge >= 0.3 is 0 Å². The predicted octanol–water partition coefficient (Wildman–Crippen LogP) is 4.13. The lowest BCUT2D eigenvalue weighted by molar-refractivity contribution is -0.137. The van der Waals surface area contributed by atoms with Crippen molar-refractivity contribution in [2.75, 3.05) is 6.61 Å². The van der Waals surface area contributed by atoms with Crippen molar-refractivity contribution in [1.82, 2.24) is 5.32 Å². The van der Waals surface area contributed by atoms with Gasteiger partial charge in [-0.3, -0.25) is 4.79 Å². The molecule has 0 saturated heterocycles.